The van der Waals surface area contributed by atoms with Crippen LogP contribution < -0.4 is 0 Å². The lowest BCUT2D eigenvalue weighted by molar-refractivity contribution is -0.143. The molecule has 0 saturated heterocycles. The molecule has 5 nitrogen and oxygen atoms in total. The number of aliphatic hydroxyl groups excluding tert-OH is 2. The van der Waals surface area contributed by atoms with Crippen LogP contribution in [0.2, 0.25) is 0 Å². The first-order valence-electron chi connectivity index (χ1n) is 10.7. The van der Waals surface area contributed by atoms with Crippen LogP contribution in [0.5, 0.6) is 0 Å². The van der Waals surface area contributed by atoms with E-state index in [-0.39, 0.29) is 30.0 Å². The molecule has 0 radical (unpaired) electrons. The summed E-state index contributed by atoms with van der Waals surface area (Å²) in [5.41, 5.74) is 0. The first-order chi connectivity index (χ1) is 13.0. The lowest BCUT2D eigenvalue weighted by Crippen LogP contribution is -2.19. The van der Waals surface area contributed by atoms with E-state index in [4.69, 9.17) is 4.74 Å². The van der Waals surface area contributed by atoms with E-state index in [9.17, 15) is 19.8 Å². The standard InChI is InChI=1S/C22H38O5/c1-3-5-8-11-17(23)14-15-19-18(20(24)16-21(19)25)12-9-6-7-10-13-22(26)27-4-2/h14-15,17-19,21,23,25H,3-13,16H2,1-2H3/b15-14+/t17?,18?,19-,21?/m1/s1. The largest absolute Gasteiger partial charge is 0.466 e. The van der Waals surface area contributed by atoms with Crippen molar-refractivity contribution in [1.82, 2.24) is 0 Å². The molecule has 1 rings (SSSR count). The molecule has 1 saturated carbocycles. The number of unbranched alkanes of at least 4 members (excludes halogenated alkanes) is 5. The summed E-state index contributed by atoms with van der Waals surface area (Å²) in [6.07, 6.45) is 11.5. The number of esters is 1. The van der Waals surface area contributed by atoms with Crippen LogP contribution in [-0.4, -0.2) is 40.8 Å². The molecular formula is C22H38O5. The minimum Gasteiger partial charge on any atom is -0.466 e. The van der Waals surface area contributed by atoms with Gasteiger partial charge in [-0.25, -0.2) is 0 Å². The molecular weight excluding hydrogens is 344 g/mol. The number of aliphatic hydroxyl groups is 2. The Balaban J connectivity index is 2.34. The van der Waals surface area contributed by atoms with Crippen LogP contribution >= 0.6 is 0 Å². The second kappa shape index (κ2) is 13.9. The highest BCUT2D eigenvalue weighted by atomic mass is 16.5. The average molecular weight is 383 g/mol. The van der Waals surface area contributed by atoms with Gasteiger partial charge in [0, 0.05) is 24.7 Å². The lowest BCUT2D eigenvalue weighted by atomic mass is 9.88. The van der Waals surface area contributed by atoms with Crippen LogP contribution in [0.1, 0.15) is 84.5 Å². The molecule has 0 aromatic heterocycles. The van der Waals surface area contributed by atoms with Crippen molar-refractivity contribution in [3.63, 3.8) is 0 Å². The molecule has 0 amide bonds. The Labute approximate surface area is 164 Å². The number of ketones is 1. The number of Topliss-reactive ketones (excluding diaryl/α,β-unsaturated/α-hetero) is 1. The van der Waals surface area contributed by atoms with E-state index in [1.807, 2.05) is 6.08 Å². The van der Waals surface area contributed by atoms with Gasteiger partial charge < -0.3 is 14.9 Å². The van der Waals surface area contributed by atoms with E-state index in [2.05, 4.69) is 6.92 Å². The van der Waals surface area contributed by atoms with Crippen LogP contribution in [-0.2, 0) is 14.3 Å². The zero-order chi connectivity index (χ0) is 20.1. The second-order valence-electron chi connectivity index (χ2n) is 7.63. The Morgan fingerprint density at radius 2 is 1.93 bits per heavy atom. The predicted molar refractivity (Wildman–Crippen MR) is 106 cm³/mol. The fourth-order valence-electron chi connectivity index (χ4n) is 3.77. The number of hydrogen-bond donors (Lipinski definition) is 2. The van der Waals surface area contributed by atoms with Crippen molar-refractivity contribution in [3.8, 4) is 0 Å². The van der Waals surface area contributed by atoms with E-state index in [1.54, 1.807) is 13.0 Å². The first kappa shape index (κ1) is 23.8. The van der Waals surface area contributed by atoms with E-state index in [0.29, 0.717) is 13.0 Å². The molecule has 1 fully saturated rings. The topological polar surface area (TPSA) is 83.8 Å². The van der Waals surface area contributed by atoms with Crippen molar-refractivity contribution in [3.05, 3.63) is 12.2 Å². The molecule has 0 bridgehead atoms. The maximum absolute atomic E-state index is 12.2. The first-order valence-corrected chi connectivity index (χ1v) is 10.7. The molecule has 3 unspecified atom stereocenters. The summed E-state index contributed by atoms with van der Waals surface area (Å²) in [7, 11) is 0. The fraction of sp³-hybridized carbons (Fsp3) is 0.818. The molecule has 0 aliphatic heterocycles. The third kappa shape index (κ3) is 9.52. The highest BCUT2D eigenvalue weighted by Gasteiger charge is 2.39. The minimum absolute atomic E-state index is 0.129. The summed E-state index contributed by atoms with van der Waals surface area (Å²) in [6.45, 7) is 4.36. The zero-order valence-electron chi connectivity index (χ0n) is 17.1. The summed E-state index contributed by atoms with van der Waals surface area (Å²) in [4.78, 5) is 23.5. The van der Waals surface area contributed by atoms with Gasteiger partial charge in [0.2, 0.25) is 0 Å². The van der Waals surface area contributed by atoms with Crippen LogP contribution in [0.3, 0.4) is 0 Å². The van der Waals surface area contributed by atoms with E-state index in [1.165, 1.54) is 0 Å². The fourth-order valence-corrected chi connectivity index (χ4v) is 3.77. The maximum Gasteiger partial charge on any atom is 0.305 e. The van der Waals surface area contributed by atoms with Crippen LogP contribution in [0, 0.1) is 11.8 Å². The van der Waals surface area contributed by atoms with Crippen LogP contribution in [0.4, 0.5) is 0 Å². The normalized spacial score (nSPS) is 23.9. The molecule has 2 N–H and O–H groups in total. The highest BCUT2D eigenvalue weighted by molar-refractivity contribution is 5.84. The smallest absolute Gasteiger partial charge is 0.305 e. The Bertz CT molecular complexity index is 460. The van der Waals surface area contributed by atoms with Crippen LogP contribution in [0.15, 0.2) is 12.2 Å². The van der Waals surface area contributed by atoms with Crippen molar-refractivity contribution in [2.75, 3.05) is 6.61 Å². The van der Waals surface area contributed by atoms with E-state index >= 15 is 0 Å². The Hall–Kier alpha value is -1.20. The minimum atomic E-state index is -0.634. The number of rotatable bonds is 14. The molecule has 4 atom stereocenters. The van der Waals surface area contributed by atoms with Gasteiger partial charge in [0.1, 0.15) is 5.78 Å². The van der Waals surface area contributed by atoms with Crippen LogP contribution in [0.25, 0.3) is 0 Å². The van der Waals surface area contributed by atoms with Crippen molar-refractivity contribution in [2.24, 2.45) is 11.8 Å². The van der Waals surface area contributed by atoms with Crippen molar-refractivity contribution in [2.45, 2.75) is 96.7 Å². The van der Waals surface area contributed by atoms with Gasteiger partial charge in [0.05, 0.1) is 18.8 Å². The molecule has 5 heteroatoms. The maximum atomic E-state index is 12.2. The third-order valence-electron chi connectivity index (χ3n) is 5.34. The van der Waals surface area contributed by atoms with E-state index in [0.717, 1.165) is 57.8 Å². The number of carbonyl (C=O) groups is 2. The summed E-state index contributed by atoms with van der Waals surface area (Å²) in [6, 6.07) is 0. The number of hydrogen-bond acceptors (Lipinski definition) is 5. The summed E-state index contributed by atoms with van der Waals surface area (Å²) in [5, 5.41) is 20.2. The Morgan fingerprint density at radius 3 is 2.63 bits per heavy atom. The number of carbonyl (C=O) groups excluding carboxylic acids is 2. The van der Waals surface area contributed by atoms with Gasteiger partial charge in [-0.05, 0) is 26.2 Å². The molecule has 27 heavy (non-hydrogen) atoms. The monoisotopic (exact) mass is 382 g/mol. The van der Waals surface area contributed by atoms with Crippen molar-refractivity contribution < 1.29 is 24.5 Å². The van der Waals surface area contributed by atoms with Gasteiger partial charge in [-0.2, -0.15) is 0 Å². The van der Waals surface area contributed by atoms with Gasteiger partial charge in [0.25, 0.3) is 0 Å². The average Bonchev–Trinajstić information content (AvgIpc) is 2.89. The molecule has 0 aromatic carbocycles. The Kier molecular flexibility index (Phi) is 12.3. The summed E-state index contributed by atoms with van der Waals surface area (Å²) < 4.78 is 4.91. The van der Waals surface area contributed by atoms with Crippen molar-refractivity contribution in [1.29, 1.82) is 0 Å². The van der Waals surface area contributed by atoms with Gasteiger partial charge in [0.15, 0.2) is 0 Å². The van der Waals surface area contributed by atoms with Gasteiger partial charge in [-0.1, -0.05) is 57.6 Å². The summed E-state index contributed by atoms with van der Waals surface area (Å²) >= 11 is 0. The van der Waals surface area contributed by atoms with Gasteiger partial charge in [-0.15, -0.1) is 0 Å². The molecule has 156 valence electrons. The van der Waals surface area contributed by atoms with Gasteiger partial charge in [-0.3, -0.25) is 9.59 Å². The molecule has 1 aliphatic carbocycles. The van der Waals surface area contributed by atoms with E-state index < -0.39 is 12.2 Å². The number of ether oxygens (including phenoxy) is 1. The zero-order valence-corrected chi connectivity index (χ0v) is 17.1. The molecule has 0 spiro atoms. The quantitative estimate of drug-likeness (QED) is 0.270. The highest BCUT2D eigenvalue weighted by Crippen LogP contribution is 2.34. The second-order valence-corrected chi connectivity index (χ2v) is 7.63. The SMILES string of the molecule is CCCCCC(O)/C=C/[C@H]1C(O)CC(=O)C1CCCCCCC(=O)OCC. The molecule has 0 aromatic rings. The lowest BCUT2D eigenvalue weighted by Gasteiger charge is -2.18. The third-order valence-corrected chi connectivity index (χ3v) is 5.34. The predicted octanol–water partition coefficient (Wildman–Crippen LogP) is 3.95. The summed E-state index contributed by atoms with van der Waals surface area (Å²) in [5.74, 6) is -0.347. The molecule has 0 heterocycles. The Morgan fingerprint density at radius 1 is 1.19 bits per heavy atom. The van der Waals surface area contributed by atoms with Crippen molar-refractivity contribution >= 4 is 11.8 Å². The molecule has 1 aliphatic rings. The van der Waals surface area contributed by atoms with Gasteiger partial charge >= 0.3 is 5.97 Å².